The van der Waals surface area contributed by atoms with Gasteiger partial charge in [-0.1, -0.05) is 30.3 Å². The van der Waals surface area contributed by atoms with Crippen LogP contribution in [0.2, 0.25) is 0 Å². The summed E-state index contributed by atoms with van der Waals surface area (Å²) in [4.78, 5) is 11.7. The minimum Gasteiger partial charge on any atom is -0.382 e. The van der Waals surface area contributed by atoms with Crippen molar-refractivity contribution in [2.75, 3.05) is 60.8 Å². The van der Waals surface area contributed by atoms with Gasteiger partial charge in [0, 0.05) is 20.1 Å². The van der Waals surface area contributed by atoms with Crippen LogP contribution in [0.15, 0.2) is 30.3 Å². The summed E-state index contributed by atoms with van der Waals surface area (Å²) in [5.41, 5.74) is 1.09. The van der Waals surface area contributed by atoms with Crippen molar-refractivity contribution in [1.82, 2.24) is 0 Å². The highest BCUT2D eigenvalue weighted by molar-refractivity contribution is 5.55. The second kappa shape index (κ2) is 16.3. The molecule has 0 unspecified atom stereocenters. The Kier molecular flexibility index (Phi) is 13.6. The highest BCUT2D eigenvalue weighted by atomic mass is 16.7. The van der Waals surface area contributed by atoms with Gasteiger partial charge in [-0.3, -0.25) is 0 Å². The van der Waals surface area contributed by atoms with Gasteiger partial charge in [0.2, 0.25) is 0 Å². The van der Waals surface area contributed by atoms with Crippen molar-refractivity contribution >= 4 is 6.29 Å². The monoisotopic (exact) mass is 440 g/mol. The number of methoxy groups -OCH3 is 2. The fraction of sp³-hybridized carbons (Fsp3) is 0.696. The van der Waals surface area contributed by atoms with E-state index in [4.69, 9.17) is 33.2 Å². The molecule has 1 aliphatic carbocycles. The van der Waals surface area contributed by atoms with Crippen LogP contribution in [0.25, 0.3) is 0 Å². The van der Waals surface area contributed by atoms with Gasteiger partial charge in [0.15, 0.2) is 0 Å². The van der Waals surface area contributed by atoms with E-state index >= 15 is 0 Å². The third kappa shape index (κ3) is 10.2. The third-order valence-electron chi connectivity index (χ3n) is 5.28. The number of ether oxygens (including phenoxy) is 7. The Bertz CT molecular complexity index is 570. The normalized spacial score (nSPS) is 21.9. The summed E-state index contributed by atoms with van der Waals surface area (Å²) in [5.74, 6) is -0.170. The van der Waals surface area contributed by atoms with Crippen LogP contribution in [0.5, 0.6) is 0 Å². The van der Waals surface area contributed by atoms with E-state index in [1.165, 1.54) is 0 Å². The fourth-order valence-corrected chi connectivity index (χ4v) is 3.62. The maximum atomic E-state index is 11.7. The number of hydrogen-bond donors (Lipinski definition) is 0. The first-order valence-corrected chi connectivity index (χ1v) is 10.7. The standard InChI is InChI=1S/C23H36O8/c1-25-8-10-27-17-30-21-12-20(14-24)22(13-21)23(31-18-28-11-9-26-2)16-29-15-19-6-4-3-5-7-19/h3-7,14,20-23H,8-13,15-18H2,1-2H3/t20-,21-,22+,23+/m0/s1. The Morgan fingerprint density at radius 3 is 2.32 bits per heavy atom. The second-order valence-electron chi connectivity index (χ2n) is 7.47. The zero-order valence-corrected chi connectivity index (χ0v) is 18.6. The summed E-state index contributed by atoms with van der Waals surface area (Å²) < 4.78 is 38.5. The zero-order valence-electron chi connectivity index (χ0n) is 18.6. The number of carbonyl (C=O) groups is 1. The molecule has 8 nitrogen and oxygen atoms in total. The molecule has 1 aromatic carbocycles. The van der Waals surface area contributed by atoms with Crippen molar-refractivity contribution in [3.63, 3.8) is 0 Å². The van der Waals surface area contributed by atoms with Crippen molar-refractivity contribution < 1.29 is 38.0 Å². The van der Waals surface area contributed by atoms with Gasteiger partial charge >= 0.3 is 0 Å². The van der Waals surface area contributed by atoms with E-state index in [2.05, 4.69) is 0 Å². The lowest BCUT2D eigenvalue weighted by Gasteiger charge is -2.26. The predicted molar refractivity (Wildman–Crippen MR) is 114 cm³/mol. The Morgan fingerprint density at radius 1 is 0.935 bits per heavy atom. The van der Waals surface area contributed by atoms with Gasteiger partial charge in [-0.2, -0.15) is 0 Å². The van der Waals surface area contributed by atoms with Gasteiger partial charge in [0.1, 0.15) is 19.9 Å². The van der Waals surface area contributed by atoms with Gasteiger partial charge in [0.05, 0.1) is 51.8 Å². The molecule has 0 amide bonds. The number of carbonyl (C=O) groups excluding carboxylic acids is 1. The van der Waals surface area contributed by atoms with Crippen LogP contribution in [-0.4, -0.2) is 79.3 Å². The van der Waals surface area contributed by atoms with Gasteiger partial charge in [-0.25, -0.2) is 0 Å². The van der Waals surface area contributed by atoms with E-state index in [9.17, 15) is 4.79 Å². The minimum atomic E-state index is -0.274. The predicted octanol–water partition coefficient (Wildman–Crippen LogP) is 2.44. The molecule has 0 aliphatic heterocycles. The molecule has 0 heterocycles. The maximum Gasteiger partial charge on any atom is 0.147 e. The molecule has 31 heavy (non-hydrogen) atoms. The molecule has 1 aliphatic rings. The molecule has 4 atom stereocenters. The van der Waals surface area contributed by atoms with Crippen LogP contribution < -0.4 is 0 Å². The van der Waals surface area contributed by atoms with Crippen LogP contribution in [0.1, 0.15) is 18.4 Å². The molecule has 1 aromatic rings. The molecule has 1 saturated carbocycles. The van der Waals surface area contributed by atoms with Crippen LogP contribution >= 0.6 is 0 Å². The first-order chi connectivity index (χ1) is 15.3. The third-order valence-corrected chi connectivity index (χ3v) is 5.28. The van der Waals surface area contributed by atoms with Gasteiger partial charge in [-0.15, -0.1) is 0 Å². The Morgan fingerprint density at radius 2 is 1.65 bits per heavy atom. The van der Waals surface area contributed by atoms with Gasteiger partial charge in [-0.05, 0) is 24.3 Å². The Labute approximate surface area is 185 Å². The van der Waals surface area contributed by atoms with Crippen molar-refractivity contribution in [1.29, 1.82) is 0 Å². The molecule has 0 N–H and O–H groups in total. The summed E-state index contributed by atoms with van der Waals surface area (Å²) in [6.45, 7) is 3.09. The molecular weight excluding hydrogens is 404 g/mol. The lowest BCUT2D eigenvalue weighted by molar-refractivity contribution is -0.143. The summed E-state index contributed by atoms with van der Waals surface area (Å²) >= 11 is 0. The lowest BCUT2D eigenvalue weighted by Crippen LogP contribution is -2.33. The van der Waals surface area contributed by atoms with Crippen LogP contribution in [0.3, 0.4) is 0 Å². The topological polar surface area (TPSA) is 81.7 Å². The average molecular weight is 441 g/mol. The van der Waals surface area contributed by atoms with Crippen molar-refractivity contribution in [3.8, 4) is 0 Å². The van der Waals surface area contributed by atoms with E-state index in [0.29, 0.717) is 52.5 Å². The number of hydrogen-bond acceptors (Lipinski definition) is 8. The summed E-state index contributed by atoms with van der Waals surface area (Å²) in [6.07, 6.45) is 2.01. The van der Waals surface area contributed by atoms with Crippen molar-refractivity contribution in [3.05, 3.63) is 35.9 Å². The Balaban J connectivity index is 1.86. The van der Waals surface area contributed by atoms with Crippen LogP contribution in [0, 0.1) is 11.8 Å². The SMILES string of the molecule is COCCOCO[C@@H]1C[C@@H]([C@@H](COCc2ccccc2)OCOCCOC)[C@H](C=O)C1. The van der Waals surface area contributed by atoms with E-state index in [1.807, 2.05) is 30.3 Å². The van der Waals surface area contributed by atoms with Gasteiger partial charge in [0.25, 0.3) is 0 Å². The number of benzene rings is 1. The smallest absolute Gasteiger partial charge is 0.147 e. The molecule has 0 spiro atoms. The van der Waals surface area contributed by atoms with Crippen molar-refractivity contribution in [2.24, 2.45) is 11.8 Å². The molecule has 1 fully saturated rings. The molecule has 2 rings (SSSR count). The quantitative estimate of drug-likeness (QED) is 0.196. The number of rotatable bonds is 18. The van der Waals surface area contributed by atoms with Crippen molar-refractivity contribution in [2.45, 2.75) is 31.7 Å². The molecule has 0 radical (unpaired) electrons. The average Bonchev–Trinajstić information content (AvgIpc) is 3.21. The molecule has 8 heteroatoms. The highest BCUT2D eigenvalue weighted by Crippen LogP contribution is 2.36. The summed E-state index contributed by atoms with van der Waals surface area (Å²) in [6, 6.07) is 9.96. The first kappa shape index (κ1) is 25.9. The minimum absolute atomic E-state index is 0.0109. The molecule has 0 bridgehead atoms. The lowest BCUT2D eigenvalue weighted by atomic mass is 9.92. The van der Waals surface area contributed by atoms with E-state index in [1.54, 1.807) is 14.2 Å². The second-order valence-corrected chi connectivity index (χ2v) is 7.47. The highest BCUT2D eigenvalue weighted by Gasteiger charge is 2.40. The van der Waals surface area contributed by atoms with Crippen LogP contribution in [0.4, 0.5) is 0 Å². The maximum absolute atomic E-state index is 11.7. The van der Waals surface area contributed by atoms with Gasteiger partial charge < -0.3 is 38.0 Å². The summed E-state index contributed by atoms with van der Waals surface area (Å²) in [5, 5.41) is 0. The zero-order chi connectivity index (χ0) is 22.2. The van der Waals surface area contributed by atoms with E-state index in [-0.39, 0.29) is 37.6 Å². The van der Waals surface area contributed by atoms with E-state index in [0.717, 1.165) is 11.8 Å². The van der Waals surface area contributed by atoms with Crippen LogP contribution in [-0.2, 0) is 44.6 Å². The molecule has 0 aromatic heterocycles. The summed E-state index contributed by atoms with van der Waals surface area (Å²) in [7, 11) is 3.25. The molecular formula is C23H36O8. The Hall–Kier alpha value is -1.39. The fourth-order valence-electron chi connectivity index (χ4n) is 3.62. The molecule has 0 saturated heterocycles. The number of aldehydes is 1. The largest absolute Gasteiger partial charge is 0.382 e. The molecule has 176 valence electrons. The first-order valence-electron chi connectivity index (χ1n) is 10.7. The van der Waals surface area contributed by atoms with E-state index < -0.39 is 0 Å².